The van der Waals surface area contributed by atoms with Crippen LogP contribution in [0.25, 0.3) is 0 Å². The number of aromatic nitrogens is 4. The van der Waals surface area contributed by atoms with Gasteiger partial charge in [0.2, 0.25) is 0 Å². The lowest BCUT2D eigenvalue weighted by molar-refractivity contribution is 0.559. The molecule has 0 spiro atoms. The highest BCUT2D eigenvalue weighted by molar-refractivity contribution is 7.91. The van der Waals surface area contributed by atoms with Crippen molar-refractivity contribution in [3.8, 4) is 0 Å². The molecule has 1 N–H and O–H groups in total. The van der Waals surface area contributed by atoms with Crippen LogP contribution in [0.15, 0.2) is 0 Å². The number of nitrogens with one attached hydrogen (secondary N) is 1. The van der Waals surface area contributed by atoms with Crippen LogP contribution in [0.3, 0.4) is 0 Å². The molecule has 0 saturated heterocycles. The first-order valence-corrected chi connectivity index (χ1v) is 6.51. The molecule has 15 heavy (non-hydrogen) atoms. The van der Waals surface area contributed by atoms with E-state index in [-0.39, 0.29) is 11.5 Å². The number of hydrogen-bond acceptors (Lipinski definition) is 6. The fraction of sp³-hybridized carbons (Fsp3) is 0.857. The molecule has 0 fully saturated rings. The van der Waals surface area contributed by atoms with Crippen molar-refractivity contribution in [2.24, 2.45) is 0 Å². The molecule has 1 heterocycles. The highest BCUT2D eigenvalue weighted by Gasteiger charge is 2.10. The minimum Gasteiger partial charge on any atom is -0.313 e. The Morgan fingerprint density at radius 3 is 2.80 bits per heavy atom. The summed E-state index contributed by atoms with van der Waals surface area (Å²) >= 11 is 0. The minimum atomic E-state index is -2.96. The fourth-order valence-electron chi connectivity index (χ4n) is 1.05. The predicted octanol–water partition coefficient (Wildman–Crippen LogP) is -1.17. The summed E-state index contributed by atoms with van der Waals surface area (Å²) in [6.45, 7) is 2.46. The molecular formula is C7H15N5O2S. The van der Waals surface area contributed by atoms with Gasteiger partial charge in [0.15, 0.2) is 15.7 Å². The van der Waals surface area contributed by atoms with Gasteiger partial charge in [-0.15, -0.1) is 5.10 Å². The smallest absolute Gasteiger partial charge is 0.165 e. The van der Waals surface area contributed by atoms with E-state index < -0.39 is 9.84 Å². The van der Waals surface area contributed by atoms with E-state index in [1.54, 1.807) is 14.0 Å². The molecule has 0 unspecified atom stereocenters. The molecule has 0 bridgehead atoms. The van der Waals surface area contributed by atoms with Crippen molar-refractivity contribution in [1.82, 2.24) is 25.5 Å². The van der Waals surface area contributed by atoms with E-state index in [1.807, 2.05) is 0 Å². The standard InChI is InChI=1S/C7H15N5O2S/c1-3-15(13,14)5-4-12-7(6-8-2)9-10-11-12/h8H,3-6H2,1-2H3. The first-order chi connectivity index (χ1) is 7.09. The molecule has 0 aliphatic heterocycles. The molecule has 0 atom stereocenters. The zero-order valence-corrected chi connectivity index (χ0v) is 9.66. The average Bonchev–Trinajstić information content (AvgIpc) is 2.64. The highest BCUT2D eigenvalue weighted by Crippen LogP contribution is 1.95. The minimum absolute atomic E-state index is 0.0747. The number of tetrazole rings is 1. The summed E-state index contributed by atoms with van der Waals surface area (Å²) in [5.41, 5.74) is 0. The molecule has 0 amide bonds. The van der Waals surface area contributed by atoms with Crippen LogP contribution in [0.2, 0.25) is 0 Å². The molecule has 1 aromatic heterocycles. The van der Waals surface area contributed by atoms with E-state index in [0.717, 1.165) is 0 Å². The van der Waals surface area contributed by atoms with Gasteiger partial charge in [-0.2, -0.15) is 0 Å². The van der Waals surface area contributed by atoms with Gasteiger partial charge in [-0.1, -0.05) is 6.92 Å². The zero-order chi connectivity index (χ0) is 11.3. The summed E-state index contributed by atoms with van der Waals surface area (Å²) in [5, 5.41) is 13.9. The first-order valence-electron chi connectivity index (χ1n) is 4.69. The third kappa shape index (κ3) is 3.56. The lowest BCUT2D eigenvalue weighted by Gasteiger charge is -2.03. The lowest BCUT2D eigenvalue weighted by atomic mass is 10.6. The normalized spacial score (nSPS) is 11.9. The SMILES string of the molecule is CCS(=O)(=O)CCn1nnnc1CNC. The predicted molar refractivity (Wildman–Crippen MR) is 54.9 cm³/mol. The Morgan fingerprint density at radius 2 is 2.20 bits per heavy atom. The van der Waals surface area contributed by atoms with Crippen molar-refractivity contribution >= 4 is 9.84 Å². The van der Waals surface area contributed by atoms with E-state index >= 15 is 0 Å². The molecule has 0 aliphatic rings. The van der Waals surface area contributed by atoms with Gasteiger partial charge in [0.05, 0.1) is 18.8 Å². The third-order valence-electron chi connectivity index (χ3n) is 1.99. The lowest BCUT2D eigenvalue weighted by Crippen LogP contribution is -2.19. The van der Waals surface area contributed by atoms with Crippen molar-refractivity contribution in [3.63, 3.8) is 0 Å². The van der Waals surface area contributed by atoms with E-state index in [0.29, 0.717) is 18.9 Å². The molecular weight excluding hydrogens is 218 g/mol. The number of sulfone groups is 1. The monoisotopic (exact) mass is 233 g/mol. The summed E-state index contributed by atoms with van der Waals surface area (Å²) < 4.78 is 24.0. The van der Waals surface area contributed by atoms with Gasteiger partial charge >= 0.3 is 0 Å². The van der Waals surface area contributed by atoms with Crippen LogP contribution in [0, 0.1) is 0 Å². The van der Waals surface area contributed by atoms with Gasteiger partial charge in [0, 0.05) is 5.75 Å². The van der Waals surface area contributed by atoms with Gasteiger partial charge in [-0.25, -0.2) is 13.1 Å². The van der Waals surface area contributed by atoms with E-state index in [4.69, 9.17) is 0 Å². The van der Waals surface area contributed by atoms with Crippen LogP contribution < -0.4 is 5.32 Å². The molecule has 1 rings (SSSR count). The summed E-state index contributed by atoms with van der Waals surface area (Å²) in [5.74, 6) is 0.866. The Balaban J connectivity index is 2.61. The maximum Gasteiger partial charge on any atom is 0.165 e. The van der Waals surface area contributed by atoms with Gasteiger partial charge in [-0.3, -0.25) is 0 Å². The van der Waals surface area contributed by atoms with Gasteiger partial charge in [-0.05, 0) is 17.5 Å². The maximum atomic E-state index is 11.3. The molecule has 0 aromatic carbocycles. The average molecular weight is 233 g/mol. The Labute approximate surface area is 88.8 Å². The van der Waals surface area contributed by atoms with Crippen LogP contribution in [0.5, 0.6) is 0 Å². The summed E-state index contributed by atoms with van der Waals surface area (Å²) in [6, 6.07) is 0. The number of aryl methyl sites for hydroxylation is 1. The van der Waals surface area contributed by atoms with Crippen molar-refractivity contribution < 1.29 is 8.42 Å². The second-order valence-corrected chi connectivity index (χ2v) is 5.56. The molecule has 0 aliphatic carbocycles. The van der Waals surface area contributed by atoms with Gasteiger partial charge < -0.3 is 5.32 Å². The van der Waals surface area contributed by atoms with Crippen molar-refractivity contribution in [2.45, 2.75) is 20.0 Å². The van der Waals surface area contributed by atoms with Crippen molar-refractivity contribution in [3.05, 3.63) is 5.82 Å². The van der Waals surface area contributed by atoms with E-state index in [2.05, 4.69) is 20.8 Å². The number of nitrogens with zero attached hydrogens (tertiary/aromatic N) is 4. The third-order valence-corrected chi connectivity index (χ3v) is 3.68. The Bertz CT molecular complexity index is 399. The fourth-order valence-corrected chi connectivity index (χ4v) is 1.79. The second-order valence-electron chi connectivity index (χ2n) is 3.08. The van der Waals surface area contributed by atoms with Crippen LogP contribution in [0.4, 0.5) is 0 Å². The van der Waals surface area contributed by atoms with Crippen molar-refractivity contribution in [1.29, 1.82) is 0 Å². The van der Waals surface area contributed by atoms with Crippen LogP contribution in [-0.4, -0.2) is 47.2 Å². The molecule has 0 saturated carbocycles. The van der Waals surface area contributed by atoms with Crippen LogP contribution in [0.1, 0.15) is 12.7 Å². The molecule has 8 heteroatoms. The molecule has 7 nitrogen and oxygen atoms in total. The molecule has 86 valence electrons. The summed E-state index contributed by atoms with van der Waals surface area (Å²) in [4.78, 5) is 0. The van der Waals surface area contributed by atoms with Crippen molar-refractivity contribution in [2.75, 3.05) is 18.6 Å². The maximum absolute atomic E-state index is 11.3. The number of hydrogen-bond donors (Lipinski definition) is 1. The van der Waals surface area contributed by atoms with Gasteiger partial charge in [0.1, 0.15) is 0 Å². The second kappa shape index (κ2) is 5.17. The molecule has 1 aromatic rings. The van der Waals surface area contributed by atoms with E-state index in [9.17, 15) is 8.42 Å². The first kappa shape index (κ1) is 12.1. The van der Waals surface area contributed by atoms with Crippen LogP contribution in [-0.2, 0) is 22.9 Å². The number of rotatable bonds is 6. The Morgan fingerprint density at radius 1 is 1.47 bits per heavy atom. The Kier molecular flexibility index (Phi) is 4.15. The zero-order valence-electron chi connectivity index (χ0n) is 8.84. The topological polar surface area (TPSA) is 89.8 Å². The molecule has 0 radical (unpaired) electrons. The highest BCUT2D eigenvalue weighted by atomic mass is 32.2. The van der Waals surface area contributed by atoms with Crippen LogP contribution >= 0.6 is 0 Å². The van der Waals surface area contributed by atoms with E-state index in [1.165, 1.54) is 4.68 Å². The summed E-state index contributed by atoms with van der Waals surface area (Å²) in [7, 11) is -1.18. The van der Waals surface area contributed by atoms with Gasteiger partial charge in [0.25, 0.3) is 0 Å². The Hall–Kier alpha value is -1.02. The summed E-state index contributed by atoms with van der Waals surface area (Å²) in [6.07, 6.45) is 0. The quantitative estimate of drug-likeness (QED) is 0.665. The largest absolute Gasteiger partial charge is 0.313 e.